The molecule has 6 rings (SSSR count). The smallest absolute Gasteiger partial charge is 0.410 e. The van der Waals surface area contributed by atoms with Crippen LogP contribution in [0.5, 0.6) is 5.75 Å². The third-order valence-corrected chi connectivity index (χ3v) is 9.99. The maximum absolute atomic E-state index is 12.7. The standard InChI is InChI=1S/C35H43N3O5S/c1-7-41-31(39)35-12-14-37(18-26(35)17-35)32-36-29(21-44-32)27-10-8-9-22(2)30(27)42-20-24-15-23(3)28-19-38(13-11-25(28)16-24)33(40)43-34(4,5)6/h8-10,15-16,21,26H,7,11-14,17-20H2,1-6H3/t26?,35-/m1/s1. The lowest BCUT2D eigenvalue weighted by molar-refractivity contribution is -0.150. The summed E-state index contributed by atoms with van der Waals surface area (Å²) in [6.45, 7) is 15.5. The number of fused-ring (bicyclic) bond motifs is 2. The molecule has 2 aromatic carbocycles. The van der Waals surface area contributed by atoms with Gasteiger partial charge in [-0.05, 0) is 101 Å². The average Bonchev–Trinajstić information content (AvgIpc) is 3.52. The normalized spacial score (nSPS) is 20.9. The molecule has 3 heterocycles. The largest absolute Gasteiger partial charge is 0.488 e. The van der Waals surface area contributed by atoms with Gasteiger partial charge in [0.25, 0.3) is 0 Å². The molecule has 3 aromatic rings. The zero-order valence-electron chi connectivity index (χ0n) is 26.7. The summed E-state index contributed by atoms with van der Waals surface area (Å²) in [4.78, 5) is 34.3. The molecule has 1 saturated carbocycles. The molecule has 0 spiro atoms. The first-order valence-electron chi connectivity index (χ1n) is 15.7. The van der Waals surface area contributed by atoms with Gasteiger partial charge in [-0.1, -0.05) is 24.3 Å². The monoisotopic (exact) mass is 617 g/mol. The number of thiazole rings is 1. The van der Waals surface area contributed by atoms with E-state index in [0.29, 0.717) is 32.2 Å². The number of aryl methyl sites for hydroxylation is 2. The fourth-order valence-electron chi connectivity index (χ4n) is 6.66. The van der Waals surface area contributed by atoms with Gasteiger partial charge in [0.2, 0.25) is 0 Å². The van der Waals surface area contributed by atoms with Crippen molar-refractivity contribution in [3.05, 3.63) is 63.5 Å². The van der Waals surface area contributed by atoms with Crippen LogP contribution in [0.25, 0.3) is 11.3 Å². The molecule has 8 nitrogen and oxygen atoms in total. The van der Waals surface area contributed by atoms with Crippen LogP contribution in [0.15, 0.2) is 35.7 Å². The van der Waals surface area contributed by atoms with Gasteiger partial charge in [0, 0.05) is 37.1 Å². The van der Waals surface area contributed by atoms with E-state index in [4.69, 9.17) is 19.2 Å². The van der Waals surface area contributed by atoms with E-state index in [0.717, 1.165) is 71.2 Å². The third-order valence-electron chi connectivity index (χ3n) is 9.09. The van der Waals surface area contributed by atoms with Crippen LogP contribution < -0.4 is 9.64 Å². The van der Waals surface area contributed by atoms with E-state index < -0.39 is 5.60 Å². The van der Waals surface area contributed by atoms with E-state index in [9.17, 15) is 9.59 Å². The fourth-order valence-corrected chi connectivity index (χ4v) is 7.53. The van der Waals surface area contributed by atoms with Gasteiger partial charge >= 0.3 is 12.1 Å². The van der Waals surface area contributed by atoms with Crippen molar-refractivity contribution in [1.82, 2.24) is 9.88 Å². The van der Waals surface area contributed by atoms with Crippen molar-refractivity contribution in [3.8, 4) is 17.0 Å². The summed E-state index contributed by atoms with van der Waals surface area (Å²) in [5.74, 6) is 1.17. The van der Waals surface area contributed by atoms with Crippen molar-refractivity contribution in [3.63, 3.8) is 0 Å². The topological polar surface area (TPSA) is 81.2 Å². The summed E-state index contributed by atoms with van der Waals surface area (Å²) >= 11 is 1.65. The van der Waals surface area contributed by atoms with Gasteiger partial charge in [-0.2, -0.15) is 0 Å². The number of esters is 1. The van der Waals surface area contributed by atoms with Gasteiger partial charge in [0.05, 0.1) is 17.7 Å². The number of aromatic nitrogens is 1. The lowest BCUT2D eigenvalue weighted by Crippen LogP contribution is -2.40. The number of anilines is 1. The predicted octanol–water partition coefficient (Wildman–Crippen LogP) is 7.08. The molecular weight excluding hydrogens is 574 g/mol. The van der Waals surface area contributed by atoms with E-state index in [1.54, 1.807) is 16.2 Å². The third kappa shape index (κ3) is 6.03. The van der Waals surface area contributed by atoms with Gasteiger partial charge in [-0.25, -0.2) is 9.78 Å². The summed E-state index contributed by atoms with van der Waals surface area (Å²) in [6.07, 6.45) is 2.27. The number of piperidine rings is 1. The molecule has 0 N–H and O–H groups in total. The lowest BCUT2D eigenvalue weighted by atomic mass is 9.93. The molecule has 234 valence electrons. The van der Waals surface area contributed by atoms with Crippen LogP contribution in [0.3, 0.4) is 0 Å². The SMILES string of the molecule is CCOC(=O)[C@@]12CCN(c3nc(-c4cccc(C)c4OCc4cc(C)c5c(c4)CCN(C(=O)OC(C)(C)C)C5)cs3)CC1C2. The molecule has 1 amide bonds. The number of benzene rings is 2. The molecule has 1 saturated heterocycles. The van der Waals surface area contributed by atoms with Crippen molar-refractivity contribution in [1.29, 1.82) is 0 Å². The number of carbonyl (C=O) groups excluding carboxylic acids is 2. The zero-order chi connectivity index (χ0) is 31.2. The highest BCUT2D eigenvalue weighted by Crippen LogP contribution is 2.59. The van der Waals surface area contributed by atoms with Gasteiger partial charge in [-0.3, -0.25) is 4.79 Å². The molecule has 3 aliphatic rings. The van der Waals surface area contributed by atoms with Gasteiger partial charge in [-0.15, -0.1) is 11.3 Å². The maximum atomic E-state index is 12.7. The second-order valence-electron chi connectivity index (χ2n) is 13.4. The molecule has 0 radical (unpaired) electrons. The molecule has 9 heteroatoms. The van der Waals surface area contributed by atoms with Crippen LogP contribution in [0.4, 0.5) is 9.93 Å². The Morgan fingerprint density at radius 2 is 1.95 bits per heavy atom. The highest BCUT2D eigenvalue weighted by atomic mass is 32.1. The van der Waals surface area contributed by atoms with Crippen LogP contribution in [-0.4, -0.2) is 53.8 Å². The van der Waals surface area contributed by atoms with Gasteiger partial charge in [0.1, 0.15) is 18.0 Å². The van der Waals surface area contributed by atoms with Crippen molar-refractivity contribution in [2.45, 2.75) is 79.6 Å². The summed E-state index contributed by atoms with van der Waals surface area (Å²) in [7, 11) is 0. The van der Waals surface area contributed by atoms with E-state index in [-0.39, 0.29) is 17.5 Å². The Labute approximate surface area is 264 Å². The zero-order valence-corrected chi connectivity index (χ0v) is 27.5. The highest BCUT2D eigenvalue weighted by molar-refractivity contribution is 7.14. The van der Waals surface area contributed by atoms with Crippen molar-refractivity contribution >= 4 is 28.5 Å². The number of nitrogens with zero attached hydrogens (tertiary/aromatic N) is 3. The minimum absolute atomic E-state index is 0.0251. The number of carbonyl (C=O) groups is 2. The second-order valence-corrected chi connectivity index (χ2v) is 14.3. The number of ether oxygens (including phenoxy) is 3. The van der Waals surface area contributed by atoms with Crippen molar-refractivity contribution in [2.24, 2.45) is 11.3 Å². The Bertz CT molecular complexity index is 1580. The highest BCUT2D eigenvalue weighted by Gasteiger charge is 2.63. The lowest BCUT2D eigenvalue weighted by Gasteiger charge is -2.32. The van der Waals surface area contributed by atoms with Crippen molar-refractivity contribution in [2.75, 3.05) is 31.1 Å². The van der Waals surface area contributed by atoms with Gasteiger partial charge < -0.3 is 24.0 Å². The van der Waals surface area contributed by atoms with E-state index in [1.165, 1.54) is 11.1 Å². The Kier molecular flexibility index (Phi) is 8.11. The first-order chi connectivity index (χ1) is 21.0. The quantitative estimate of drug-likeness (QED) is 0.262. The molecule has 2 fully saturated rings. The number of para-hydroxylation sites is 1. The number of hydrogen-bond donors (Lipinski definition) is 0. The van der Waals surface area contributed by atoms with Gasteiger partial charge in [0.15, 0.2) is 5.13 Å². The molecule has 44 heavy (non-hydrogen) atoms. The molecule has 0 bridgehead atoms. The minimum atomic E-state index is -0.509. The molecular formula is C35H43N3O5S. The minimum Gasteiger partial charge on any atom is -0.488 e. The van der Waals surface area contributed by atoms with Crippen LogP contribution in [0.2, 0.25) is 0 Å². The molecule has 1 aromatic heterocycles. The molecule has 1 unspecified atom stereocenters. The fraction of sp³-hybridized carbons (Fsp3) is 0.514. The Morgan fingerprint density at radius 1 is 1.14 bits per heavy atom. The molecule has 2 aliphatic heterocycles. The van der Waals surface area contributed by atoms with Crippen LogP contribution in [-0.2, 0) is 33.8 Å². The average molecular weight is 618 g/mol. The van der Waals surface area contributed by atoms with E-state index in [2.05, 4.69) is 54.5 Å². The number of hydrogen-bond acceptors (Lipinski definition) is 8. The Balaban J connectivity index is 1.14. The maximum Gasteiger partial charge on any atom is 0.410 e. The van der Waals surface area contributed by atoms with E-state index in [1.807, 2.05) is 27.7 Å². The summed E-state index contributed by atoms with van der Waals surface area (Å²) in [5.41, 5.74) is 6.92. The summed E-state index contributed by atoms with van der Waals surface area (Å²) < 4.78 is 17.5. The molecule has 2 atom stereocenters. The molecule has 1 aliphatic carbocycles. The number of rotatable bonds is 7. The first kappa shape index (κ1) is 30.4. The second kappa shape index (κ2) is 11.7. The Morgan fingerprint density at radius 3 is 2.70 bits per heavy atom. The number of amides is 1. The van der Waals surface area contributed by atoms with Crippen LogP contribution >= 0.6 is 11.3 Å². The van der Waals surface area contributed by atoms with Crippen molar-refractivity contribution < 1.29 is 23.8 Å². The first-order valence-corrected chi connectivity index (χ1v) is 16.5. The van der Waals surface area contributed by atoms with Crippen LogP contribution in [0.1, 0.15) is 68.4 Å². The summed E-state index contributed by atoms with van der Waals surface area (Å²) in [6, 6.07) is 10.6. The summed E-state index contributed by atoms with van der Waals surface area (Å²) in [5, 5.41) is 3.10. The van der Waals surface area contributed by atoms with Crippen LogP contribution in [0, 0.1) is 25.2 Å². The Hall–Kier alpha value is -3.59. The van der Waals surface area contributed by atoms with E-state index >= 15 is 0 Å². The predicted molar refractivity (Wildman–Crippen MR) is 172 cm³/mol.